The Balaban J connectivity index is 3.38. The van der Waals surface area contributed by atoms with Crippen molar-refractivity contribution in [3.8, 4) is 0 Å². The molecule has 0 bridgehead atoms. The van der Waals surface area contributed by atoms with Crippen LogP contribution in [0, 0.1) is 0 Å². The molecule has 18 heavy (non-hydrogen) atoms. The van der Waals surface area contributed by atoms with Crippen LogP contribution in [0.1, 0.15) is 63.6 Å². The fourth-order valence-electron chi connectivity index (χ4n) is 1.75. The zero-order chi connectivity index (χ0) is 13.9. The van der Waals surface area contributed by atoms with Crippen molar-refractivity contribution in [2.45, 2.75) is 57.5 Å². The van der Waals surface area contributed by atoms with E-state index < -0.39 is 9.84 Å². The lowest BCUT2D eigenvalue weighted by atomic mass is 9.92. The Morgan fingerprint density at radius 2 is 1.72 bits per heavy atom. The Morgan fingerprint density at radius 3 is 2.17 bits per heavy atom. The fourth-order valence-corrected chi connectivity index (χ4v) is 2.26. The van der Waals surface area contributed by atoms with Crippen LogP contribution in [-0.4, -0.2) is 24.6 Å². The van der Waals surface area contributed by atoms with Crippen molar-refractivity contribution in [1.29, 1.82) is 0 Å². The highest BCUT2D eigenvalue weighted by atomic mass is 32.2. The van der Waals surface area contributed by atoms with E-state index in [9.17, 15) is 8.42 Å². The van der Waals surface area contributed by atoms with Crippen LogP contribution >= 0.6 is 0 Å². The van der Waals surface area contributed by atoms with E-state index in [1.165, 1.54) is 0 Å². The molecule has 0 saturated heterocycles. The lowest BCUT2D eigenvalue weighted by Gasteiger charge is -2.18. The topological polar surface area (TPSA) is 59.9 Å². The molecule has 1 heterocycles. The van der Waals surface area contributed by atoms with Crippen molar-refractivity contribution in [3.05, 3.63) is 17.5 Å². The van der Waals surface area contributed by atoms with E-state index in [1.54, 1.807) is 6.20 Å². The highest BCUT2D eigenvalue weighted by molar-refractivity contribution is 7.90. The van der Waals surface area contributed by atoms with Crippen LogP contribution < -0.4 is 0 Å². The summed E-state index contributed by atoms with van der Waals surface area (Å²) in [5.74, 6) is 0.597. The molecule has 0 radical (unpaired) electrons. The summed E-state index contributed by atoms with van der Waals surface area (Å²) in [5, 5.41) is -0.0650. The monoisotopic (exact) mass is 270 g/mol. The number of nitrogens with zero attached hydrogens (tertiary/aromatic N) is 2. The van der Waals surface area contributed by atoms with Gasteiger partial charge in [0, 0.05) is 12.5 Å². The van der Waals surface area contributed by atoms with E-state index in [1.807, 2.05) is 0 Å². The lowest BCUT2D eigenvalue weighted by molar-refractivity contribution is 0.583. The Labute approximate surface area is 110 Å². The van der Waals surface area contributed by atoms with Crippen LogP contribution in [0.5, 0.6) is 0 Å². The summed E-state index contributed by atoms with van der Waals surface area (Å²) in [5.41, 5.74) is 1.95. The first-order chi connectivity index (χ1) is 8.31. The predicted molar refractivity (Wildman–Crippen MR) is 72.6 cm³/mol. The van der Waals surface area contributed by atoms with E-state index in [-0.39, 0.29) is 11.1 Å². The normalized spacial score (nSPS) is 15.4. The average Bonchev–Trinajstić information content (AvgIpc) is 2.35. The number of sulfone groups is 1. The Bertz CT molecular complexity index is 512. The van der Waals surface area contributed by atoms with E-state index in [0.717, 1.165) is 30.4 Å². The summed E-state index contributed by atoms with van der Waals surface area (Å²) in [6.07, 6.45) is 4.75. The quantitative estimate of drug-likeness (QED) is 0.772. The van der Waals surface area contributed by atoms with Crippen LogP contribution in [0.2, 0.25) is 0 Å². The summed E-state index contributed by atoms with van der Waals surface area (Å²) in [6.45, 7) is 8.37. The molecule has 5 heteroatoms. The molecule has 0 aliphatic rings. The number of aromatic nitrogens is 2. The second-order valence-corrected chi connectivity index (χ2v) is 6.79. The highest BCUT2D eigenvalue weighted by Gasteiger charge is 2.20. The third-order valence-corrected chi connectivity index (χ3v) is 4.24. The average molecular weight is 270 g/mol. The minimum Gasteiger partial charge on any atom is -0.227 e. The summed E-state index contributed by atoms with van der Waals surface area (Å²) in [4.78, 5) is 8.28. The molecule has 4 nitrogen and oxygen atoms in total. The van der Waals surface area contributed by atoms with Crippen molar-refractivity contribution in [3.63, 3.8) is 0 Å². The summed E-state index contributed by atoms with van der Waals surface area (Å²) in [7, 11) is -3.34. The maximum Gasteiger partial charge on any atom is 0.247 e. The summed E-state index contributed by atoms with van der Waals surface area (Å²) < 4.78 is 23.0. The number of hydrogen-bond donors (Lipinski definition) is 0. The minimum absolute atomic E-state index is 0.0650. The van der Waals surface area contributed by atoms with Gasteiger partial charge in [0.25, 0.3) is 0 Å². The molecule has 1 rings (SSSR count). The zero-order valence-corrected chi connectivity index (χ0v) is 12.6. The summed E-state index contributed by atoms with van der Waals surface area (Å²) >= 11 is 0. The Morgan fingerprint density at radius 1 is 1.17 bits per heavy atom. The lowest BCUT2D eigenvalue weighted by Crippen LogP contribution is -2.12. The van der Waals surface area contributed by atoms with Gasteiger partial charge in [-0.25, -0.2) is 18.4 Å². The molecule has 0 saturated carbocycles. The second-order valence-electron chi connectivity index (χ2n) is 4.88. The number of hydrogen-bond acceptors (Lipinski definition) is 4. The molecular weight excluding hydrogens is 248 g/mol. The van der Waals surface area contributed by atoms with E-state index in [2.05, 4.69) is 37.7 Å². The van der Waals surface area contributed by atoms with Gasteiger partial charge >= 0.3 is 0 Å². The van der Waals surface area contributed by atoms with Crippen molar-refractivity contribution >= 4 is 9.84 Å². The highest BCUT2D eigenvalue weighted by Crippen LogP contribution is 2.28. The Hall–Kier alpha value is -0.970. The van der Waals surface area contributed by atoms with Crippen molar-refractivity contribution < 1.29 is 8.42 Å². The van der Waals surface area contributed by atoms with Crippen LogP contribution in [-0.2, 0) is 9.84 Å². The van der Waals surface area contributed by atoms with Crippen molar-refractivity contribution in [2.75, 3.05) is 6.26 Å². The van der Waals surface area contributed by atoms with Gasteiger partial charge in [-0.3, -0.25) is 0 Å². The van der Waals surface area contributed by atoms with Gasteiger partial charge in [0.05, 0.1) is 5.69 Å². The van der Waals surface area contributed by atoms with Gasteiger partial charge in [0.1, 0.15) is 0 Å². The van der Waals surface area contributed by atoms with Gasteiger partial charge in [-0.15, -0.1) is 0 Å². The fraction of sp³-hybridized carbons (Fsp3) is 0.692. The minimum atomic E-state index is -3.34. The molecule has 1 aromatic rings. The first-order valence-corrected chi connectivity index (χ1v) is 8.27. The van der Waals surface area contributed by atoms with Crippen molar-refractivity contribution in [2.24, 2.45) is 0 Å². The van der Waals surface area contributed by atoms with Gasteiger partial charge in [0.2, 0.25) is 15.0 Å². The molecule has 2 atom stereocenters. The smallest absolute Gasteiger partial charge is 0.227 e. The molecule has 0 amide bonds. The zero-order valence-electron chi connectivity index (χ0n) is 11.8. The summed E-state index contributed by atoms with van der Waals surface area (Å²) in [6, 6.07) is 0. The molecule has 0 N–H and O–H groups in total. The molecule has 2 unspecified atom stereocenters. The second kappa shape index (κ2) is 5.78. The van der Waals surface area contributed by atoms with E-state index >= 15 is 0 Å². The third kappa shape index (κ3) is 3.28. The maximum absolute atomic E-state index is 11.5. The molecule has 1 aromatic heterocycles. The van der Waals surface area contributed by atoms with Gasteiger partial charge in [0.15, 0.2) is 0 Å². The Kier molecular flexibility index (Phi) is 4.85. The van der Waals surface area contributed by atoms with Gasteiger partial charge in [-0.2, -0.15) is 0 Å². The van der Waals surface area contributed by atoms with Crippen LogP contribution in [0.15, 0.2) is 11.4 Å². The molecule has 0 aliphatic heterocycles. The first kappa shape index (κ1) is 15.1. The van der Waals surface area contributed by atoms with Crippen molar-refractivity contribution in [1.82, 2.24) is 9.97 Å². The van der Waals surface area contributed by atoms with E-state index in [0.29, 0.717) is 5.92 Å². The largest absolute Gasteiger partial charge is 0.247 e. The molecule has 0 aliphatic carbocycles. The predicted octanol–water partition coefficient (Wildman–Crippen LogP) is 2.91. The SMILES string of the molecule is CCC(C)c1cnc(S(C)(=O)=O)nc1C(C)CC. The molecule has 0 aromatic carbocycles. The standard InChI is InChI=1S/C13H22N2O2S/c1-6-9(3)11-8-14-13(18(5,16)17)15-12(11)10(4)7-2/h8-10H,6-7H2,1-5H3. The molecule has 0 fully saturated rings. The molecular formula is C13H22N2O2S. The first-order valence-electron chi connectivity index (χ1n) is 6.38. The van der Waals surface area contributed by atoms with E-state index in [4.69, 9.17) is 0 Å². The number of rotatable bonds is 5. The molecule has 0 spiro atoms. The van der Waals surface area contributed by atoms with Crippen LogP contribution in [0.4, 0.5) is 0 Å². The maximum atomic E-state index is 11.5. The third-order valence-electron chi connectivity index (χ3n) is 3.38. The molecule has 102 valence electrons. The van der Waals surface area contributed by atoms with Gasteiger partial charge < -0.3 is 0 Å². The van der Waals surface area contributed by atoms with Gasteiger partial charge in [-0.05, 0) is 30.2 Å². The van der Waals surface area contributed by atoms with Crippen LogP contribution in [0.3, 0.4) is 0 Å². The van der Waals surface area contributed by atoms with Crippen LogP contribution in [0.25, 0.3) is 0 Å². The van der Waals surface area contributed by atoms with Gasteiger partial charge in [-0.1, -0.05) is 27.7 Å².